The highest BCUT2D eigenvalue weighted by molar-refractivity contribution is 5.80. The number of rotatable bonds is 7. The molecule has 118 valence electrons. The molecule has 1 aliphatic rings. The number of nitrogens with zero attached hydrogens (tertiary/aromatic N) is 1. The van der Waals surface area contributed by atoms with Crippen molar-refractivity contribution in [3.8, 4) is 0 Å². The van der Waals surface area contributed by atoms with Gasteiger partial charge in [0.2, 0.25) is 0 Å². The monoisotopic (exact) mass is 284 g/mol. The second-order valence-electron chi connectivity index (χ2n) is 7.01. The number of nitrogens with one attached hydrogen (secondary N) is 1. The summed E-state index contributed by atoms with van der Waals surface area (Å²) in [5, 5.41) is 3.35. The Morgan fingerprint density at radius 2 is 1.95 bits per heavy atom. The molecule has 4 nitrogen and oxygen atoms in total. The van der Waals surface area contributed by atoms with Crippen molar-refractivity contribution < 1.29 is 9.53 Å². The number of piperidine rings is 1. The normalized spacial score (nSPS) is 22.2. The van der Waals surface area contributed by atoms with Crippen LogP contribution in [0.25, 0.3) is 0 Å². The summed E-state index contributed by atoms with van der Waals surface area (Å²) in [6.07, 6.45) is 4.30. The Bertz CT molecular complexity index is 308. The number of hydrogen-bond acceptors (Lipinski definition) is 4. The molecule has 1 fully saturated rings. The van der Waals surface area contributed by atoms with Crippen LogP contribution in [0.15, 0.2) is 0 Å². The van der Waals surface area contributed by atoms with Crippen LogP contribution < -0.4 is 5.32 Å². The molecular weight excluding hydrogens is 252 g/mol. The lowest BCUT2D eigenvalue weighted by atomic mass is 9.82. The zero-order valence-corrected chi connectivity index (χ0v) is 13.9. The lowest BCUT2D eigenvalue weighted by Gasteiger charge is -2.38. The van der Waals surface area contributed by atoms with Crippen LogP contribution in [0, 0.1) is 5.41 Å². The molecule has 0 aliphatic carbocycles. The summed E-state index contributed by atoms with van der Waals surface area (Å²) in [6.45, 7) is 12.8. The summed E-state index contributed by atoms with van der Waals surface area (Å²) in [5.41, 5.74) is -0.0830. The molecule has 1 aliphatic heterocycles. The van der Waals surface area contributed by atoms with E-state index in [4.69, 9.17) is 4.74 Å². The summed E-state index contributed by atoms with van der Waals surface area (Å²) in [4.78, 5) is 14.5. The van der Waals surface area contributed by atoms with Gasteiger partial charge in [0.1, 0.15) is 5.54 Å². The smallest absolute Gasteiger partial charge is 0.325 e. The summed E-state index contributed by atoms with van der Waals surface area (Å²) < 4.78 is 4.97. The molecule has 1 rings (SSSR count). The first-order valence-electron chi connectivity index (χ1n) is 7.89. The van der Waals surface area contributed by atoms with E-state index in [2.05, 4.69) is 31.0 Å². The van der Waals surface area contributed by atoms with E-state index < -0.39 is 5.54 Å². The molecule has 1 N–H and O–H groups in total. The number of carbonyl (C=O) groups excluding carboxylic acids is 1. The number of ether oxygens (including phenoxy) is 1. The van der Waals surface area contributed by atoms with Crippen LogP contribution in [0.3, 0.4) is 0 Å². The zero-order valence-electron chi connectivity index (χ0n) is 13.9. The van der Waals surface area contributed by atoms with Gasteiger partial charge in [-0.1, -0.05) is 20.8 Å². The van der Waals surface area contributed by atoms with Crippen molar-refractivity contribution in [2.45, 2.75) is 58.9 Å². The van der Waals surface area contributed by atoms with Gasteiger partial charge in [-0.2, -0.15) is 0 Å². The molecule has 0 aromatic rings. The minimum atomic E-state index is -0.558. The number of carbonyl (C=O) groups is 1. The van der Waals surface area contributed by atoms with Crippen LogP contribution in [0.5, 0.6) is 0 Å². The second kappa shape index (κ2) is 7.41. The number of methoxy groups -OCH3 is 1. The molecule has 20 heavy (non-hydrogen) atoms. The molecule has 0 aromatic carbocycles. The maximum absolute atomic E-state index is 12.0. The molecule has 0 spiro atoms. The molecular formula is C16H32N2O2. The maximum atomic E-state index is 12.0. The van der Waals surface area contributed by atoms with Crippen molar-refractivity contribution in [2.24, 2.45) is 5.41 Å². The molecule has 0 radical (unpaired) electrons. The average molecular weight is 284 g/mol. The molecule has 0 aromatic heterocycles. The topological polar surface area (TPSA) is 41.6 Å². The average Bonchev–Trinajstić information content (AvgIpc) is 2.43. The van der Waals surface area contributed by atoms with Gasteiger partial charge in [0.15, 0.2) is 0 Å². The van der Waals surface area contributed by atoms with E-state index in [0.717, 1.165) is 39.0 Å². The van der Waals surface area contributed by atoms with Gasteiger partial charge in [0.05, 0.1) is 7.11 Å². The fraction of sp³-hybridized carbons (Fsp3) is 0.938. The van der Waals surface area contributed by atoms with E-state index >= 15 is 0 Å². The predicted octanol–water partition coefficient (Wildman–Crippen LogP) is 2.43. The van der Waals surface area contributed by atoms with Gasteiger partial charge in [-0.15, -0.1) is 0 Å². The van der Waals surface area contributed by atoms with Crippen LogP contribution in [-0.4, -0.2) is 49.7 Å². The lowest BCUT2D eigenvalue weighted by molar-refractivity contribution is -0.148. The van der Waals surface area contributed by atoms with Crippen molar-refractivity contribution in [1.82, 2.24) is 10.2 Å². The van der Waals surface area contributed by atoms with E-state index in [0.29, 0.717) is 5.41 Å². The van der Waals surface area contributed by atoms with Crippen molar-refractivity contribution in [3.05, 3.63) is 0 Å². The SMILES string of the molecule is CCCNC(C)(CCN1CCC(C)(C)CC1)C(=O)OC. The predicted molar refractivity (Wildman–Crippen MR) is 82.8 cm³/mol. The van der Waals surface area contributed by atoms with E-state index in [9.17, 15) is 4.79 Å². The third kappa shape index (κ3) is 5.06. The quantitative estimate of drug-likeness (QED) is 0.729. The van der Waals surface area contributed by atoms with Crippen molar-refractivity contribution >= 4 is 5.97 Å². The fourth-order valence-electron chi connectivity index (χ4n) is 2.65. The Morgan fingerprint density at radius 3 is 2.45 bits per heavy atom. The van der Waals surface area contributed by atoms with Gasteiger partial charge >= 0.3 is 5.97 Å². The van der Waals surface area contributed by atoms with Crippen LogP contribution in [0.1, 0.15) is 53.4 Å². The molecule has 0 bridgehead atoms. The van der Waals surface area contributed by atoms with Crippen molar-refractivity contribution in [3.63, 3.8) is 0 Å². The minimum absolute atomic E-state index is 0.150. The summed E-state index contributed by atoms with van der Waals surface area (Å²) in [7, 11) is 1.47. The van der Waals surface area contributed by atoms with Gasteiger partial charge < -0.3 is 15.0 Å². The highest BCUT2D eigenvalue weighted by Gasteiger charge is 2.34. The molecule has 0 saturated carbocycles. The first-order valence-corrected chi connectivity index (χ1v) is 7.89. The number of likely N-dealkylation sites (tertiary alicyclic amines) is 1. The van der Waals surface area contributed by atoms with E-state index in [1.807, 2.05) is 6.92 Å². The first kappa shape index (κ1) is 17.4. The van der Waals surface area contributed by atoms with Crippen LogP contribution in [0.2, 0.25) is 0 Å². The molecule has 1 atom stereocenters. The molecule has 1 saturated heterocycles. The summed E-state index contributed by atoms with van der Waals surface area (Å²) in [6, 6.07) is 0. The van der Waals surface area contributed by atoms with Crippen LogP contribution in [-0.2, 0) is 9.53 Å². The molecule has 0 amide bonds. The second-order valence-corrected chi connectivity index (χ2v) is 7.01. The summed E-state index contributed by atoms with van der Waals surface area (Å²) in [5.74, 6) is -0.150. The lowest BCUT2D eigenvalue weighted by Crippen LogP contribution is -2.52. The van der Waals surface area contributed by atoms with E-state index in [-0.39, 0.29) is 5.97 Å². The Kier molecular flexibility index (Phi) is 6.46. The molecule has 1 heterocycles. The highest BCUT2D eigenvalue weighted by Crippen LogP contribution is 2.30. The zero-order chi connectivity index (χ0) is 15.2. The van der Waals surface area contributed by atoms with Gasteiger partial charge in [0.25, 0.3) is 0 Å². The molecule has 4 heteroatoms. The van der Waals surface area contributed by atoms with Gasteiger partial charge in [-0.05, 0) is 57.7 Å². The van der Waals surface area contributed by atoms with E-state index in [1.165, 1.54) is 20.0 Å². The third-order valence-corrected chi connectivity index (χ3v) is 4.54. The van der Waals surface area contributed by atoms with Gasteiger partial charge in [0, 0.05) is 6.54 Å². The highest BCUT2D eigenvalue weighted by atomic mass is 16.5. The van der Waals surface area contributed by atoms with Crippen molar-refractivity contribution in [2.75, 3.05) is 33.3 Å². The summed E-state index contributed by atoms with van der Waals surface area (Å²) >= 11 is 0. The fourth-order valence-corrected chi connectivity index (χ4v) is 2.65. The van der Waals surface area contributed by atoms with Gasteiger partial charge in [-0.25, -0.2) is 0 Å². The Hall–Kier alpha value is -0.610. The van der Waals surface area contributed by atoms with Crippen molar-refractivity contribution in [1.29, 1.82) is 0 Å². The maximum Gasteiger partial charge on any atom is 0.325 e. The van der Waals surface area contributed by atoms with Crippen LogP contribution >= 0.6 is 0 Å². The van der Waals surface area contributed by atoms with E-state index in [1.54, 1.807) is 0 Å². The standard InChI is InChI=1S/C16H32N2O2/c1-6-10-17-16(4,14(19)20-5)9-13-18-11-7-15(2,3)8-12-18/h17H,6-13H2,1-5H3. The number of esters is 1. The first-order chi connectivity index (χ1) is 9.33. The van der Waals surface area contributed by atoms with Crippen LogP contribution in [0.4, 0.5) is 0 Å². The number of hydrogen-bond donors (Lipinski definition) is 1. The Morgan fingerprint density at radius 1 is 1.35 bits per heavy atom. The Labute approximate surface area is 124 Å². The largest absolute Gasteiger partial charge is 0.468 e. The molecule has 1 unspecified atom stereocenters. The Balaban J connectivity index is 2.48. The van der Waals surface area contributed by atoms with Gasteiger partial charge in [-0.3, -0.25) is 4.79 Å². The minimum Gasteiger partial charge on any atom is -0.468 e. The third-order valence-electron chi connectivity index (χ3n) is 4.54.